The van der Waals surface area contributed by atoms with Crippen LogP contribution in [0.5, 0.6) is 11.5 Å². The monoisotopic (exact) mass is 781 g/mol. The van der Waals surface area contributed by atoms with Crippen LogP contribution in [0.1, 0.15) is 254 Å². The molecule has 0 amide bonds. The van der Waals surface area contributed by atoms with Crippen molar-refractivity contribution in [1.82, 2.24) is 9.97 Å². The van der Waals surface area contributed by atoms with Crippen LogP contribution >= 0.6 is 0 Å². The van der Waals surface area contributed by atoms with Crippen LogP contribution < -0.4 is 4.74 Å². The number of aromatic nitrogens is 2. The van der Waals surface area contributed by atoms with Crippen molar-refractivity contribution in [1.29, 1.82) is 0 Å². The van der Waals surface area contributed by atoms with E-state index in [2.05, 4.69) is 39.8 Å². The lowest BCUT2D eigenvalue weighted by Gasteiger charge is -2.40. The molecular formula is C54H88N2O. The third-order valence-corrected chi connectivity index (χ3v) is 16.2. The Hall–Kier alpha value is -1.90. The van der Waals surface area contributed by atoms with E-state index < -0.39 is 0 Å². The Morgan fingerprint density at radius 1 is 0.456 bits per heavy atom. The quantitative estimate of drug-likeness (QED) is 0.112. The highest BCUT2D eigenvalue weighted by molar-refractivity contribution is 5.39. The molecule has 6 rings (SSSR count). The van der Waals surface area contributed by atoms with Crippen molar-refractivity contribution in [2.75, 3.05) is 0 Å². The fourth-order valence-corrected chi connectivity index (χ4v) is 12.9. The van der Waals surface area contributed by atoms with Crippen LogP contribution in [0.4, 0.5) is 0 Å². The second-order valence-corrected chi connectivity index (χ2v) is 20.3. The molecule has 320 valence electrons. The zero-order valence-electron chi connectivity index (χ0n) is 37.9. The predicted octanol–water partition coefficient (Wildman–Crippen LogP) is 17.3. The molecule has 2 aromatic heterocycles. The SMILES string of the molecule is CCCCCCCCC1CCC(C(c2cc(Oc3cnc(C)c(C(C4CCCCC4)C4CCC(CCCCCCCC)CC4)c3)cnc2C)C2CCCCC2)CC1. The minimum Gasteiger partial charge on any atom is -0.454 e. The summed E-state index contributed by atoms with van der Waals surface area (Å²) in [6.07, 6.45) is 49.4. The van der Waals surface area contributed by atoms with E-state index in [0.29, 0.717) is 11.8 Å². The molecule has 0 aliphatic heterocycles. The first-order chi connectivity index (χ1) is 28.0. The van der Waals surface area contributed by atoms with Crippen LogP contribution in [0, 0.1) is 49.4 Å². The molecule has 2 aromatic rings. The average molecular weight is 781 g/mol. The van der Waals surface area contributed by atoms with Crippen molar-refractivity contribution >= 4 is 0 Å². The first-order valence-electron chi connectivity index (χ1n) is 25.6. The fourth-order valence-electron chi connectivity index (χ4n) is 12.9. The zero-order chi connectivity index (χ0) is 39.7. The highest BCUT2D eigenvalue weighted by Crippen LogP contribution is 2.50. The molecule has 4 aliphatic rings. The highest BCUT2D eigenvalue weighted by Gasteiger charge is 2.37. The maximum atomic E-state index is 6.89. The second kappa shape index (κ2) is 24.4. The van der Waals surface area contributed by atoms with Crippen LogP contribution in [-0.4, -0.2) is 9.97 Å². The summed E-state index contributed by atoms with van der Waals surface area (Å²) in [5.41, 5.74) is 5.47. The van der Waals surface area contributed by atoms with E-state index in [1.54, 1.807) is 0 Å². The Labute approximate surface area is 352 Å². The van der Waals surface area contributed by atoms with E-state index in [0.717, 1.165) is 47.0 Å². The van der Waals surface area contributed by atoms with Gasteiger partial charge in [0.25, 0.3) is 0 Å². The van der Waals surface area contributed by atoms with Crippen molar-refractivity contribution in [3.8, 4) is 11.5 Å². The number of unbranched alkanes of at least 4 members (excludes halogenated alkanes) is 10. The number of rotatable bonds is 22. The van der Waals surface area contributed by atoms with E-state index in [1.807, 2.05) is 12.4 Å². The number of hydrogen-bond donors (Lipinski definition) is 0. The lowest BCUT2D eigenvalue weighted by atomic mass is 9.65. The molecule has 4 fully saturated rings. The van der Waals surface area contributed by atoms with Crippen LogP contribution in [0.25, 0.3) is 0 Å². The van der Waals surface area contributed by atoms with Crippen molar-refractivity contribution in [3.63, 3.8) is 0 Å². The lowest BCUT2D eigenvalue weighted by molar-refractivity contribution is 0.171. The van der Waals surface area contributed by atoms with Gasteiger partial charge in [-0.3, -0.25) is 9.97 Å². The maximum Gasteiger partial charge on any atom is 0.146 e. The average Bonchev–Trinajstić information content (AvgIpc) is 3.25. The van der Waals surface area contributed by atoms with Crippen LogP contribution in [0.3, 0.4) is 0 Å². The molecule has 3 heteroatoms. The minimum atomic E-state index is 0.620. The van der Waals surface area contributed by atoms with E-state index in [9.17, 15) is 0 Å². The van der Waals surface area contributed by atoms with E-state index in [1.165, 1.54) is 228 Å². The van der Waals surface area contributed by atoms with E-state index >= 15 is 0 Å². The van der Waals surface area contributed by atoms with Gasteiger partial charge in [0, 0.05) is 11.4 Å². The van der Waals surface area contributed by atoms with Crippen LogP contribution in [0.15, 0.2) is 24.5 Å². The summed E-state index contributed by atoms with van der Waals surface area (Å²) in [7, 11) is 0. The number of ether oxygens (including phenoxy) is 1. The number of aryl methyl sites for hydroxylation is 2. The standard InChI is InChI=1S/C54H88N2O/c1-5-7-9-11-13-17-23-43-29-33-47(34-30-43)53(45-25-19-15-20-26-45)51-37-49(39-55-41(51)3)57-50-38-52(42(4)56-40-50)54(46-27-21-16-22-28-46)48-35-31-44(32-36-48)24-18-14-12-10-8-6-2/h37-40,43-48,53-54H,5-36H2,1-4H3. The molecule has 0 bridgehead atoms. The van der Waals surface area contributed by atoms with Gasteiger partial charge in [0.15, 0.2) is 0 Å². The van der Waals surface area contributed by atoms with Gasteiger partial charge in [-0.15, -0.1) is 0 Å². The van der Waals surface area contributed by atoms with Gasteiger partial charge in [0.1, 0.15) is 11.5 Å². The molecule has 0 saturated heterocycles. The third-order valence-electron chi connectivity index (χ3n) is 16.2. The summed E-state index contributed by atoms with van der Waals surface area (Å²) in [6, 6.07) is 4.88. The Balaban J connectivity index is 1.13. The molecule has 4 aliphatic carbocycles. The highest BCUT2D eigenvalue weighted by atomic mass is 16.5. The summed E-state index contributed by atoms with van der Waals surface area (Å²) < 4.78 is 6.89. The maximum absolute atomic E-state index is 6.89. The predicted molar refractivity (Wildman–Crippen MR) is 244 cm³/mol. The molecule has 2 heterocycles. The Morgan fingerprint density at radius 3 is 1.19 bits per heavy atom. The van der Waals surface area contributed by atoms with Gasteiger partial charge < -0.3 is 4.74 Å². The second-order valence-electron chi connectivity index (χ2n) is 20.3. The van der Waals surface area contributed by atoms with Gasteiger partial charge >= 0.3 is 0 Å². The Kier molecular flexibility index (Phi) is 19.1. The first kappa shape index (κ1) is 44.6. The summed E-state index contributed by atoms with van der Waals surface area (Å²) in [5.74, 6) is 8.15. The Morgan fingerprint density at radius 2 is 0.807 bits per heavy atom. The number of nitrogens with zero attached hydrogens (tertiary/aromatic N) is 2. The van der Waals surface area contributed by atoms with E-state index in [-0.39, 0.29) is 0 Å². The van der Waals surface area contributed by atoms with Gasteiger partial charge in [-0.1, -0.05) is 168 Å². The van der Waals surface area contributed by atoms with Crippen LogP contribution in [-0.2, 0) is 0 Å². The van der Waals surface area contributed by atoms with Crippen molar-refractivity contribution in [3.05, 3.63) is 47.0 Å². The molecule has 0 spiro atoms. The molecule has 2 unspecified atom stereocenters. The zero-order valence-corrected chi connectivity index (χ0v) is 37.9. The molecule has 2 atom stereocenters. The Bertz CT molecular complexity index is 1280. The fraction of sp³-hybridized carbons (Fsp3) is 0.815. The van der Waals surface area contributed by atoms with Crippen molar-refractivity contribution in [2.24, 2.45) is 35.5 Å². The van der Waals surface area contributed by atoms with E-state index in [4.69, 9.17) is 14.7 Å². The van der Waals surface area contributed by atoms with Gasteiger partial charge in [-0.05, 0) is 136 Å². The number of pyridine rings is 2. The van der Waals surface area contributed by atoms with Crippen molar-refractivity contribution in [2.45, 2.75) is 245 Å². The molecule has 57 heavy (non-hydrogen) atoms. The molecule has 4 saturated carbocycles. The summed E-state index contributed by atoms with van der Waals surface area (Å²) >= 11 is 0. The molecule has 3 nitrogen and oxygen atoms in total. The topological polar surface area (TPSA) is 35.0 Å². The van der Waals surface area contributed by atoms with Crippen LogP contribution in [0.2, 0.25) is 0 Å². The largest absolute Gasteiger partial charge is 0.454 e. The van der Waals surface area contributed by atoms with Gasteiger partial charge in [-0.25, -0.2) is 0 Å². The molecule has 0 radical (unpaired) electrons. The molecule has 0 aromatic carbocycles. The molecular weight excluding hydrogens is 693 g/mol. The summed E-state index contributed by atoms with van der Waals surface area (Å²) in [6.45, 7) is 9.21. The first-order valence-corrected chi connectivity index (χ1v) is 25.6. The normalized spacial score (nSPS) is 25.0. The number of hydrogen-bond acceptors (Lipinski definition) is 3. The van der Waals surface area contributed by atoms with Gasteiger partial charge in [-0.2, -0.15) is 0 Å². The molecule has 0 N–H and O–H groups in total. The van der Waals surface area contributed by atoms with Gasteiger partial charge in [0.05, 0.1) is 12.4 Å². The summed E-state index contributed by atoms with van der Waals surface area (Å²) in [5, 5.41) is 0. The van der Waals surface area contributed by atoms with Crippen molar-refractivity contribution < 1.29 is 4.74 Å². The minimum absolute atomic E-state index is 0.620. The summed E-state index contributed by atoms with van der Waals surface area (Å²) in [4.78, 5) is 10.2. The third kappa shape index (κ3) is 13.6. The lowest BCUT2D eigenvalue weighted by Crippen LogP contribution is -2.28. The van der Waals surface area contributed by atoms with Gasteiger partial charge in [0.2, 0.25) is 0 Å². The smallest absolute Gasteiger partial charge is 0.146 e.